The molecule has 1 aliphatic carbocycles. The first-order valence-electron chi connectivity index (χ1n) is 10.7. The maximum absolute atomic E-state index is 12.6. The quantitative estimate of drug-likeness (QED) is 0.474. The molecule has 0 aromatic heterocycles. The first-order valence-corrected chi connectivity index (χ1v) is 10.7. The molecule has 0 bridgehead atoms. The van der Waals surface area contributed by atoms with Crippen LogP contribution in [0.3, 0.4) is 0 Å². The molecule has 2 aromatic carbocycles. The summed E-state index contributed by atoms with van der Waals surface area (Å²) in [6.45, 7) is 6.59. The predicted octanol–water partition coefficient (Wildman–Crippen LogP) is 6.76. The van der Waals surface area contributed by atoms with E-state index in [1.54, 1.807) is 7.11 Å². The van der Waals surface area contributed by atoms with Crippen molar-refractivity contribution in [1.82, 2.24) is 0 Å². The first kappa shape index (κ1) is 21.1. The Morgan fingerprint density at radius 3 is 2.41 bits per heavy atom. The van der Waals surface area contributed by atoms with Crippen LogP contribution in [0.1, 0.15) is 62.6 Å². The van der Waals surface area contributed by atoms with Crippen molar-refractivity contribution >= 4 is 11.4 Å². The van der Waals surface area contributed by atoms with Gasteiger partial charge in [-0.1, -0.05) is 81.0 Å². The minimum absolute atomic E-state index is 0.309. The summed E-state index contributed by atoms with van der Waals surface area (Å²) < 4.78 is 5.56. The monoisotopic (exact) mass is 388 g/mol. The topological polar surface area (TPSA) is 26.3 Å². The number of ketones is 1. The Bertz CT molecular complexity index is 900. The maximum atomic E-state index is 12.6. The van der Waals surface area contributed by atoms with Crippen LogP contribution in [0.25, 0.3) is 5.57 Å². The molecule has 3 rings (SSSR count). The van der Waals surface area contributed by atoms with Crippen LogP contribution in [-0.2, 0) is 11.2 Å². The summed E-state index contributed by atoms with van der Waals surface area (Å²) in [7, 11) is 1.72. The van der Waals surface area contributed by atoms with Crippen molar-refractivity contribution in [3.05, 3.63) is 82.9 Å². The Balaban J connectivity index is 1.59. The standard InChI is InChI=1S/C27H32O2/c1-5-24-22(15-17-25(24)26-8-6-7-9-27(26)29-4)14-16-23(28)18-20-10-12-21(13-11-20)19(2)3/h6-13,15,17,19,24H,5,14,16,18H2,1-4H3. The number of carbonyl (C=O) groups excluding carboxylic acids is 1. The van der Waals surface area contributed by atoms with Crippen LogP contribution in [0, 0.1) is 5.92 Å². The zero-order valence-corrected chi connectivity index (χ0v) is 18.1. The van der Waals surface area contributed by atoms with Gasteiger partial charge in [0.05, 0.1) is 7.11 Å². The van der Waals surface area contributed by atoms with E-state index in [1.165, 1.54) is 16.7 Å². The van der Waals surface area contributed by atoms with E-state index in [2.05, 4.69) is 69.3 Å². The molecule has 0 saturated carbocycles. The third-order valence-corrected chi connectivity index (χ3v) is 5.87. The van der Waals surface area contributed by atoms with Crippen LogP contribution < -0.4 is 4.74 Å². The van der Waals surface area contributed by atoms with E-state index in [0.717, 1.165) is 29.7 Å². The van der Waals surface area contributed by atoms with Crippen LogP contribution >= 0.6 is 0 Å². The molecule has 0 amide bonds. The van der Waals surface area contributed by atoms with Crippen molar-refractivity contribution in [3.8, 4) is 5.75 Å². The van der Waals surface area contributed by atoms with Crippen LogP contribution in [-0.4, -0.2) is 12.9 Å². The van der Waals surface area contributed by atoms with Gasteiger partial charge in [-0.25, -0.2) is 0 Å². The van der Waals surface area contributed by atoms with Gasteiger partial charge in [-0.3, -0.25) is 4.79 Å². The number of Topliss-reactive ketones (excluding diaryl/α,β-unsaturated/α-hetero) is 1. The average Bonchev–Trinajstić information content (AvgIpc) is 3.15. The minimum Gasteiger partial charge on any atom is -0.496 e. The van der Waals surface area contributed by atoms with Gasteiger partial charge >= 0.3 is 0 Å². The highest BCUT2D eigenvalue weighted by Gasteiger charge is 2.24. The molecular formula is C27H32O2. The fraction of sp³-hybridized carbons (Fsp3) is 0.370. The molecule has 1 atom stereocenters. The summed E-state index contributed by atoms with van der Waals surface area (Å²) in [6.07, 6.45) is 7.39. The lowest BCUT2D eigenvalue weighted by Gasteiger charge is -2.19. The summed E-state index contributed by atoms with van der Waals surface area (Å²) in [5, 5.41) is 0. The summed E-state index contributed by atoms with van der Waals surface area (Å²) in [5.41, 5.74) is 6.25. The summed E-state index contributed by atoms with van der Waals surface area (Å²) in [5.74, 6) is 2.10. The number of methoxy groups -OCH3 is 1. The number of allylic oxidation sites excluding steroid dienone is 4. The van der Waals surface area contributed by atoms with Gasteiger partial charge in [0, 0.05) is 24.3 Å². The Morgan fingerprint density at radius 1 is 1.03 bits per heavy atom. The van der Waals surface area contributed by atoms with E-state index >= 15 is 0 Å². The molecule has 0 spiro atoms. The molecule has 1 unspecified atom stereocenters. The zero-order chi connectivity index (χ0) is 20.8. The number of hydrogen-bond acceptors (Lipinski definition) is 2. The largest absolute Gasteiger partial charge is 0.496 e. The van der Waals surface area contributed by atoms with Gasteiger partial charge in [0.15, 0.2) is 0 Å². The summed E-state index contributed by atoms with van der Waals surface area (Å²) in [6, 6.07) is 16.7. The zero-order valence-electron chi connectivity index (χ0n) is 18.1. The second kappa shape index (κ2) is 9.73. The molecule has 2 nitrogen and oxygen atoms in total. The molecule has 1 aliphatic rings. The normalized spacial score (nSPS) is 16.0. The smallest absolute Gasteiger partial charge is 0.137 e. The van der Waals surface area contributed by atoms with Crippen molar-refractivity contribution in [2.45, 2.75) is 52.4 Å². The Kier molecular flexibility index (Phi) is 7.09. The molecule has 2 heteroatoms. The molecule has 0 N–H and O–H groups in total. The third kappa shape index (κ3) is 5.06. The van der Waals surface area contributed by atoms with Gasteiger partial charge < -0.3 is 4.74 Å². The van der Waals surface area contributed by atoms with Gasteiger partial charge in [0.1, 0.15) is 11.5 Å². The second-order valence-corrected chi connectivity index (χ2v) is 8.14. The van der Waals surface area contributed by atoms with Crippen molar-refractivity contribution in [2.75, 3.05) is 7.11 Å². The lowest BCUT2D eigenvalue weighted by atomic mass is 9.86. The molecule has 0 fully saturated rings. The Morgan fingerprint density at radius 2 is 1.76 bits per heavy atom. The first-order chi connectivity index (χ1) is 14.0. The van der Waals surface area contributed by atoms with Crippen LogP contribution in [0.4, 0.5) is 0 Å². The number of rotatable bonds is 9. The van der Waals surface area contributed by atoms with Gasteiger partial charge in [0.2, 0.25) is 0 Å². The van der Waals surface area contributed by atoms with Gasteiger partial charge in [-0.2, -0.15) is 0 Å². The number of ether oxygens (including phenoxy) is 1. The van der Waals surface area contributed by atoms with E-state index < -0.39 is 0 Å². The van der Waals surface area contributed by atoms with Crippen LogP contribution in [0.2, 0.25) is 0 Å². The molecule has 29 heavy (non-hydrogen) atoms. The van der Waals surface area contributed by atoms with E-state index in [0.29, 0.717) is 30.5 Å². The molecule has 152 valence electrons. The highest BCUT2D eigenvalue weighted by atomic mass is 16.5. The van der Waals surface area contributed by atoms with E-state index in [4.69, 9.17) is 4.74 Å². The third-order valence-electron chi connectivity index (χ3n) is 5.87. The fourth-order valence-electron chi connectivity index (χ4n) is 4.15. The molecule has 2 aromatic rings. The van der Waals surface area contributed by atoms with E-state index in [9.17, 15) is 4.79 Å². The highest BCUT2D eigenvalue weighted by Crippen LogP contribution is 2.41. The lowest BCUT2D eigenvalue weighted by Crippen LogP contribution is -2.08. The fourth-order valence-corrected chi connectivity index (χ4v) is 4.15. The molecule has 0 aliphatic heterocycles. The molecule has 0 radical (unpaired) electrons. The summed E-state index contributed by atoms with van der Waals surface area (Å²) >= 11 is 0. The van der Waals surface area contributed by atoms with Crippen molar-refractivity contribution in [1.29, 1.82) is 0 Å². The van der Waals surface area contributed by atoms with Crippen LogP contribution in [0.15, 0.2) is 66.3 Å². The Hall–Kier alpha value is -2.61. The van der Waals surface area contributed by atoms with Gasteiger partial charge in [0.25, 0.3) is 0 Å². The van der Waals surface area contributed by atoms with Crippen molar-refractivity contribution in [2.24, 2.45) is 5.92 Å². The molecule has 0 heterocycles. The van der Waals surface area contributed by atoms with E-state index in [-0.39, 0.29) is 0 Å². The number of carbonyl (C=O) groups is 1. The number of benzene rings is 2. The molecule has 0 saturated heterocycles. The number of para-hydroxylation sites is 1. The van der Waals surface area contributed by atoms with E-state index in [1.807, 2.05) is 12.1 Å². The maximum Gasteiger partial charge on any atom is 0.137 e. The van der Waals surface area contributed by atoms with Gasteiger partial charge in [-0.15, -0.1) is 0 Å². The minimum atomic E-state index is 0.309. The Labute approximate surface area is 175 Å². The average molecular weight is 389 g/mol. The lowest BCUT2D eigenvalue weighted by molar-refractivity contribution is -0.118. The van der Waals surface area contributed by atoms with Crippen molar-refractivity contribution < 1.29 is 9.53 Å². The van der Waals surface area contributed by atoms with Crippen LogP contribution in [0.5, 0.6) is 5.75 Å². The molecular weight excluding hydrogens is 356 g/mol. The summed E-state index contributed by atoms with van der Waals surface area (Å²) in [4.78, 5) is 12.6. The van der Waals surface area contributed by atoms with Crippen molar-refractivity contribution in [3.63, 3.8) is 0 Å². The van der Waals surface area contributed by atoms with Gasteiger partial charge in [-0.05, 0) is 41.5 Å². The number of hydrogen-bond donors (Lipinski definition) is 0. The highest BCUT2D eigenvalue weighted by molar-refractivity contribution is 5.82. The SMILES string of the molecule is CCC1C(CCC(=O)Cc2ccc(C(C)C)cc2)=CC=C1c1ccccc1OC. The second-order valence-electron chi connectivity index (χ2n) is 8.14. The predicted molar refractivity (Wildman–Crippen MR) is 121 cm³/mol.